The molecule has 0 aliphatic carbocycles. The van der Waals surface area contributed by atoms with Crippen LogP contribution in [-0.4, -0.2) is 40.5 Å². The molecule has 1 atom stereocenters. The lowest BCUT2D eigenvalue weighted by Crippen LogP contribution is -2.25. The Hall–Kier alpha value is -1.69. The Kier molecular flexibility index (Phi) is 7.08. The van der Waals surface area contributed by atoms with Crippen LogP contribution in [0.2, 0.25) is 0 Å². The molecule has 1 unspecified atom stereocenters. The molecule has 0 saturated heterocycles. The van der Waals surface area contributed by atoms with Gasteiger partial charge >= 0.3 is 0 Å². The predicted octanol–water partition coefficient (Wildman–Crippen LogP) is 3.22. The number of pyridine rings is 1. The SMILES string of the molecule is CCN(CC)CCCC(C)Nc1ccc([N+](=O)[O-])c(C)n1. The summed E-state index contributed by atoms with van der Waals surface area (Å²) in [6.07, 6.45) is 2.18. The lowest BCUT2D eigenvalue weighted by atomic mass is 10.1. The second-order valence-electron chi connectivity index (χ2n) is 5.27. The molecule has 1 heterocycles. The van der Waals surface area contributed by atoms with Crippen molar-refractivity contribution >= 4 is 11.5 Å². The second-order valence-corrected chi connectivity index (χ2v) is 5.27. The van der Waals surface area contributed by atoms with E-state index in [1.54, 1.807) is 13.0 Å². The fraction of sp³-hybridized carbons (Fsp3) is 0.667. The van der Waals surface area contributed by atoms with Crippen molar-refractivity contribution in [1.82, 2.24) is 9.88 Å². The van der Waals surface area contributed by atoms with Crippen molar-refractivity contribution in [2.24, 2.45) is 0 Å². The van der Waals surface area contributed by atoms with Crippen LogP contribution in [-0.2, 0) is 0 Å². The van der Waals surface area contributed by atoms with Gasteiger partial charge in [0.1, 0.15) is 11.5 Å². The van der Waals surface area contributed by atoms with Gasteiger partial charge in [0.25, 0.3) is 5.69 Å². The van der Waals surface area contributed by atoms with Gasteiger partial charge in [-0.2, -0.15) is 0 Å². The van der Waals surface area contributed by atoms with Crippen LogP contribution in [0, 0.1) is 17.0 Å². The van der Waals surface area contributed by atoms with Crippen molar-refractivity contribution in [2.75, 3.05) is 25.0 Å². The highest BCUT2D eigenvalue weighted by Crippen LogP contribution is 2.18. The predicted molar refractivity (Wildman–Crippen MR) is 85.7 cm³/mol. The standard InChI is InChI=1S/C15H26N4O2/c1-5-18(6-2)11-7-8-12(3)16-15-10-9-14(19(20)21)13(4)17-15/h9-10,12H,5-8,11H2,1-4H3,(H,16,17). The summed E-state index contributed by atoms with van der Waals surface area (Å²) < 4.78 is 0. The quantitative estimate of drug-likeness (QED) is 0.559. The smallest absolute Gasteiger partial charge is 0.290 e. The molecule has 0 spiro atoms. The Bertz CT molecular complexity index is 461. The van der Waals surface area contributed by atoms with E-state index in [2.05, 4.69) is 36.0 Å². The van der Waals surface area contributed by atoms with Crippen LogP contribution < -0.4 is 5.32 Å². The Morgan fingerprint density at radius 2 is 2.05 bits per heavy atom. The molecule has 0 amide bonds. The molecule has 6 nitrogen and oxygen atoms in total. The highest BCUT2D eigenvalue weighted by atomic mass is 16.6. The minimum Gasteiger partial charge on any atom is -0.368 e. The molecule has 0 aliphatic rings. The highest BCUT2D eigenvalue weighted by Gasteiger charge is 2.12. The van der Waals surface area contributed by atoms with Gasteiger partial charge in [-0.3, -0.25) is 10.1 Å². The molecule has 0 fully saturated rings. The first-order valence-electron chi connectivity index (χ1n) is 7.58. The molecule has 0 aromatic carbocycles. The van der Waals surface area contributed by atoms with Crippen LogP contribution in [0.1, 0.15) is 39.3 Å². The number of nitro groups is 1. The van der Waals surface area contributed by atoms with Crippen LogP contribution in [0.4, 0.5) is 11.5 Å². The summed E-state index contributed by atoms with van der Waals surface area (Å²) in [6.45, 7) is 11.4. The fourth-order valence-corrected chi connectivity index (χ4v) is 2.31. The topological polar surface area (TPSA) is 71.3 Å². The van der Waals surface area contributed by atoms with E-state index in [0.717, 1.165) is 32.5 Å². The Morgan fingerprint density at radius 1 is 1.38 bits per heavy atom. The molecule has 1 rings (SSSR count). The van der Waals surface area contributed by atoms with E-state index in [4.69, 9.17) is 0 Å². The summed E-state index contributed by atoms with van der Waals surface area (Å²) in [7, 11) is 0. The van der Waals surface area contributed by atoms with Gasteiger partial charge in [0.05, 0.1) is 4.92 Å². The van der Waals surface area contributed by atoms with Gasteiger partial charge in [0, 0.05) is 12.1 Å². The van der Waals surface area contributed by atoms with Gasteiger partial charge in [0.2, 0.25) is 0 Å². The van der Waals surface area contributed by atoms with Crippen LogP contribution >= 0.6 is 0 Å². The largest absolute Gasteiger partial charge is 0.368 e. The molecule has 0 aliphatic heterocycles. The van der Waals surface area contributed by atoms with E-state index >= 15 is 0 Å². The van der Waals surface area contributed by atoms with Gasteiger partial charge in [-0.15, -0.1) is 0 Å². The summed E-state index contributed by atoms with van der Waals surface area (Å²) in [5, 5.41) is 14.1. The molecule has 1 N–H and O–H groups in total. The number of hydrogen-bond acceptors (Lipinski definition) is 5. The van der Waals surface area contributed by atoms with Gasteiger partial charge in [0.15, 0.2) is 0 Å². The maximum Gasteiger partial charge on any atom is 0.290 e. The number of aryl methyl sites for hydroxylation is 1. The van der Waals surface area contributed by atoms with Crippen molar-refractivity contribution in [3.05, 3.63) is 27.9 Å². The van der Waals surface area contributed by atoms with Gasteiger partial charge in [-0.1, -0.05) is 13.8 Å². The molecule has 21 heavy (non-hydrogen) atoms. The number of aromatic nitrogens is 1. The minimum absolute atomic E-state index is 0.0646. The van der Waals surface area contributed by atoms with Gasteiger partial charge in [-0.05, 0) is 52.4 Å². The molecule has 0 radical (unpaired) electrons. The number of anilines is 1. The minimum atomic E-state index is -0.403. The monoisotopic (exact) mass is 294 g/mol. The summed E-state index contributed by atoms with van der Waals surface area (Å²) in [5.41, 5.74) is 0.509. The third kappa shape index (κ3) is 5.67. The Morgan fingerprint density at radius 3 is 2.57 bits per heavy atom. The normalized spacial score (nSPS) is 12.4. The first-order valence-corrected chi connectivity index (χ1v) is 7.58. The van der Waals surface area contributed by atoms with E-state index in [1.807, 2.05) is 0 Å². The number of nitrogens with one attached hydrogen (secondary N) is 1. The van der Waals surface area contributed by atoms with E-state index in [-0.39, 0.29) is 5.69 Å². The summed E-state index contributed by atoms with van der Waals surface area (Å²) in [6, 6.07) is 3.48. The third-order valence-electron chi connectivity index (χ3n) is 3.65. The van der Waals surface area contributed by atoms with E-state index in [1.165, 1.54) is 6.07 Å². The fourth-order valence-electron chi connectivity index (χ4n) is 2.31. The highest BCUT2D eigenvalue weighted by molar-refractivity contribution is 5.45. The Labute approximate surface area is 126 Å². The van der Waals surface area contributed by atoms with E-state index < -0.39 is 4.92 Å². The lowest BCUT2D eigenvalue weighted by molar-refractivity contribution is -0.385. The van der Waals surface area contributed by atoms with E-state index in [0.29, 0.717) is 17.6 Å². The van der Waals surface area contributed by atoms with Gasteiger partial charge in [-0.25, -0.2) is 4.98 Å². The molecule has 6 heteroatoms. The molecule has 0 bridgehead atoms. The van der Waals surface area contributed by atoms with Crippen molar-refractivity contribution in [3.8, 4) is 0 Å². The maximum atomic E-state index is 10.8. The van der Waals surface area contributed by atoms with Crippen LogP contribution in [0.25, 0.3) is 0 Å². The molecule has 1 aromatic rings. The van der Waals surface area contributed by atoms with Crippen molar-refractivity contribution in [2.45, 2.75) is 46.6 Å². The summed E-state index contributed by atoms with van der Waals surface area (Å²) in [4.78, 5) is 17.0. The molecule has 118 valence electrons. The third-order valence-corrected chi connectivity index (χ3v) is 3.65. The van der Waals surface area contributed by atoms with Crippen molar-refractivity contribution in [1.29, 1.82) is 0 Å². The zero-order chi connectivity index (χ0) is 15.8. The lowest BCUT2D eigenvalue weighted by Gasteiger charge is -2.20. The van der Waals surface area contributed by atoms with Crippen LogP contribution in [0.15, 0.2) is 12.1 Å². The average molecular weight is 294 g/mol. The average Bonchev–Trinajstić information content (AvgIpc) is 2.43. The maximum absolute atomic E-state index is 10.8. The zero-order valence-electron chi connectivity index (χ0n) is 13.4. The van der Waals surface area contributed by atoms with Crippen LogP contribution in [0.3, 0.4) is 0 Å². The number of hydrogen-bond donors (Lipinski definition) is 1. The van der Waals surface area contributed by atoms with Crippen molar-refractivity contribution in [3.63, 3.8) is 0 Å². The first kappa shape index (κ1) is 17.4. The Balaban J connectivity index is 2.46. The summed E-state index contributed by atoms with van der Waals surface area (Å²) >= 11 is 0. The first-order chi connectivity index (χ1) is 9.97. The molecule has 1 aromatic heterocycles. The molecular weight excluding hydrogens is 268 g/mol. The number of rotatable bonds is 9. The molecule has 0 saturated carbocycles. The number of nitrogens with zero attached hydrogens (tertiary/aromatic N) is 3. The van der Waals surface area contributed by atoms with Crippen molar-refractivity contribution < 1.29 is 4.92 Å². The second kappa shape index (κ2) is 8.56. The van der Waals surface area contributed by atoms with E-state index in [9.17, 15) is 10.1 Å². The van der Waals surface area contributed by atoms with Crippen LogP contribution in [0.5, 0.6) is 0 Å². The van der Waals surface area contributed by atoms with Gasteiger partial charge < -0.3 is 10.2 Å². The zero-order valence-corrected chi connectivity index (χ0v) is 13.4. The summed E-state index contributed by atoms with van der Waals surface area (Å²) in [5.74, 6) is 0.702. The molecular formula is C15H26N4O2.